The van der Waals surface area contributed by atoms with Crippen LogP contribution in [0.3, 0.4) is 0 Å². The third-order valence-corrected chi connectivity index (χ3v) is 5.28. The van der Waals surface area contributed by atoms with Crippen molar-refractivity contribution in [3.8, 4) is 0 Å². The number of benzene rings is 2. The summed E-state index contributed by atoms with van der Waals surface area (Å²) in [5.74, 6) is 0. The SMILES string of the molecule is CCCCCn1cc(C(=S)NC(C)(C)c2ccccc2)c2ccccc21. The van der Waals surface area contributed by atoms with Gasteiger partial charge in [-0.1, -0.05) is 80.5 Å². The summed E-state index contributed by atoms with van der Waals surface area (Å²) in [6, 6.07) is 19.0. The highest BCUT2D eigenvalue weighted by Gasteiger charge is 2.23. The van der Waals surface area contributed by atoms with Gasteiger partial charge in [-0.25, -0.2) is 0 Å². The van der Waals surface area contributed by atoms with Crippen molar-refractivity contribution in [2.75, 3.05) is 0 Å². The lowest BCUT2D eigenvalue weighted by molar-refractivity contribution is 0.490. The quantitative estimate of drug-likeness (QED) is 0.407. The van der Waals surface area contributed by atoms with Crippen molar-refractivity contribution >= 4 is 28.1 Å². The predicted molar refractivity (Wildman–Crippen MR) is 116 cm³/mol. The molecule has 0 saturated carbocycles. The van der Waals surface area contributed by atoms with Crippen LogP contribution >= 0.6 is 12.2 Å². The highest BCUT2D eigenvalue weighted by Crippen LogP contribution is 2.25. The number of aromatic nitrogens is 1. The first kappa shape index (κ1) is 18.7. The molecule has 3 heteroatoms. The molecular weight excluding hydrogens is 336 g/mol. The largest absolute Gasteiger partial charge is 0.367 e. The molecule has 136 valence electrons. The van der Waals surface area contributed by atoms with Crippen molar-refractivity contribution < 1.29 is 0 Å². The summed E-state index contributed by atoms with van der Waals surface area (Å²) >= 11 is 5.82. The highest BCUT2D eigenvalue weighted by molar-refractivity contribution is 7.80. The summed E-state index contributed by atoms with van der Waals surface area (Å²) in [5, 5.41) is 4.81. The molecule has 0 spiro atoms. The van der Waals surface area contributed by atoms with Gasteiger partial charge in [0.25, 0.3) is 0 Å². The minimum atomic E-state index is -0.218. The van der Waals surface area contributed by atoms with E-state index in [4.69, 9.17) is 12.2 Å². The number of hydrogen-bond donors (Lipinski definition) is 1. The molecule has 0 aliphatic heterocycles. The zero-order valence-electron chi connectivity index (χ0n) is 16.0. The lowest BCUT2D eigenvalue weighted by atomic mass is 9.94. The van der Waals surface area contributed by atoms with Gasteiger partial charge in [0.2, 0.25) is 0 Å². The average molecular weight is 365 g/mol. The Morgan fingerprint density at radius 2 is 1.69 bits per heavy atom. The van der Waals surface area contributed by atoms with E-state index < -0.39 is 0 Å². The van der Waals surface area contributed by atoms with Crippen LogP contribution in [0.15, 0.2) is 60.8 Å². The van der Waals surface area contributed by atoms with E-state index in [1.807, 2.05) is 6.07 Å². The second-order valence-corrected chi connectivity index (χ2v) is 7.81. The van der Waals surface area contributed by atoms with Gasteiger partial charge in [-0.15, -0.1) is 0 Å². The summed E-state index contributed by atoms with van der Waals surface area (Å²) in [4.78, 5) is 0.810. The van der Waals surface area contributed by atoms with Crippen LogP contribution in [0.1, 0.15) is 51.2 Å². The maximum atomic E-state index is 5.82. The Morgan fingerprint density at radius 3 is 2.42 bits per heavy atom. The summed E-state index contributed by atoms with van der Waals surface area (Å²) in [7, 11) is 0. The minimum Gasteiger partial charge on any atom is -0.367 e. The Hall–Kier alpha value is -2.13. The van der Waals surface area contributed by atoms with Gasteiger partial charge in [0, 0.05) is 29.2 Å². The van der Waals surface area contributed by atoms with Gasteiger partial charge in [-0.3, -0.25) is 0 Å². The molecule has 0 fully saturated rings. The summed E-state index contributed by atoms with van der Waals surface area (Å²) < 4.78 is 2.35. The number of fused-ring (bicyclic) bond motifs is 1. The minimum absolute atomic E-state index is 0.218. The Kier molecular flexibility index (Phi) is 5.77. The summed E-state index contributed by atoms with van der Waals surface area (Å²) in [5.41, 5.74) is 3.40. The van der Waals surface area contributed by atoms with Gasteiger partial charge >= 0.3 is 0 Å². The Labute approximate surface area is 162 Å². The van der Waals surface area contributed by atoms with Crippen molar-refractivity contribution in [3.63, 3.8) is 0 Å². The molecule has 3 aromatic rings. The van der Waals surface area contributed by atoms with Gasteiger partial charge < -0.3 is 9.88 Å². The molecule has 1 N–H and O–H groups in total. The zero-order chi connectivity index (χ0) is 18.6. The molecule has 1 heterocycles. The van der Waals surface area contributed by atoms with Crippen molar-refractivity contribution in [3.05, 3.63) is 71.9 Å². The molecule has 0 radical (unpaired) electrons. The molecule has 26 heavy (non-hydrogen) atoms. The maximum Gasteiger partial charge on any atom is 0.109 e. The fourth-order valence-electron chi connectivity index (χ4n) is 3.42. The molecule has 0 saturated heterocycles. The fourth-order valence-corrected chi connectivity index (χ4v) is 3.84. The van der Waals surface area contributed by atoms with Crippen LogP contribution in [0.5, 0.6) is 0 Å². The molecule has 0 unspecified atom stereocenters. The number of unbranched alkanes of at least 4 members (excludes halogenated alkanes) is 2. The molecule has 2 nitrogen and oxygen atoms in total. The van der Waals surface area contributed by atoms with Crippen molar-refractivity contribution in [1.29, 1.82) is 0 Å². The van der Waals surface area contributed by atoms with Crippen LogP contribution in [0.4, 0.5) is 0 Å². The Balaban J connectivity index is 1.88. The Morgan fingerprint density at radius 1 is 1.00 bits per heavy atom. The number of rotatable bonds is 7. The highest BCUT2D eigenvalue weighted by atomic mass is 32.1. The molecule has 0 bridgehead atoms. The van der Waals surface area contributed by atoms with Crippen molar-refractivity contribution in [2.24, 2.45) is 0 Å². The summed E-state index contributed by atoms with van der Waals surface area (Å²) in [6.07, 6.45) is 5.91. The summed E-state index contributed by atoms with van der Waals surface area (Å²) in [6.45, 7) is 7.63. The van der Waals surface area contributed by atoms with Crippen molar-refractivity contribution in [2.45, 2.75) is 52.1 Å². The van der Waals surface area contributed by atoms with E-state index in [-0.39, 0.29) is 5.54 Å². The number of aryl methyl sites for hydroxylation is 1. The molecule has 3 rings (SSSR count). The van der Waals surface area contributed by atoms with Crippen LogP contribution in [0.25, 0.3) is 10.9 Å². The third-order valence-electron chi connectivity index (χ3n) is 4.96. The fraction of sp³-hybridized carbons (Fsp3) is 0.348. The van der Waals surface area contributed by atoms with E-state index >= 15 is 0 Å². The predicted octanol–water partition coefficient (Wildman–Crippen LogP) is 6.03. The maximum absolute atomic E-state index is 5.82. The van der Waals surface area contributed by atoms with Crippen LogP contribution in [-0.2, 0) is 12.1 Å². The van der Waals surface area contributed by atoms with Crippen LogP contribution in [0.2, 0.25) is 0 Å². The zero-order valence-corrected chi connectivity index (χ0v) is 16.8. The molecule has 1 aromatic heterocycles. The topological polar surface area (TPSA) is 17.0 Å². The van der Waals surface area contributed by atoms with E-state index in [1.54, 1.807) is 0 Å². The molecule has 2 aromatic carbocycles. The second-order valence-electron chi connectivity index (χ2n) is 7.41. The van der Waals surface area contributed by atoms with Gasteiger partial charge in [0.1, 0.15) is 4.99 Å². The van der Waals surface area contributed by atoms with E-state index in [0.29, 0.717) is 0 Å². The lowest BCUT2D eigenvalue weighted by Gasteiger charge is -2.28. The first-order valence-electron chi connectivity index (χ1n) is 9.49. The number of nitrogens with zero attached hydrogens (tertiary/aromatic N) is 1. The molecule has 0 aliphatic carbocycles. The number of thiocarbonyl (C=S) groups is 1. The van der Waals surface area contributed by atoms with Gasteiger partial charge in [-0.05, 0) is 31.9 Å². The van der Waals surface area contributed by atoms with E-state index in [1.165, 1.54) is 35.7 Å². The van der Waals surface area contributed by atoms with Gasteiger partial charge in [0.05, 0.1) is 5.54 Å². The van der Waals surface area contributed by atoms with E-state index in [0.717, 1.165) is 17.1 Å². The normalized spacial score (nSPS) is 11.7. The molecular formula is C23H28N2S. The molecule has 0 atom stereocenters. The molecule has 0 aliphatic rings. The van der Waals surface area contributed by atoms with Crippen LogP contribution in [0, 0.1) is 0 Å². The van der Waals surface area contributed by atoms with E-state index in [2.05, 4.69) is 85.4 Å². The molecule has 0 amide bonds. The monoisotopic (exact) mass is 364 g/mol. The van der Waals surface area contributed by atoms with Crippen LogP contribution < -0.4 is 5.32 Å². The van der Waals surface area contributed by atoms with Crippen molar-refractivity contribution in [1.82, 2.24) is 9.88 Å². The van der Waals surface area contributed by atoms with Gasteiger partial charge in [0.15, 0.2) is 0 Å². The lowest BCUT2D eigenvalue weighted by Crippen LogP contribution is -2.40. The van der Waals surface area contributed by atoms with Gasteiger partial charge in [-0.2, -0.15) is 0 Å². The first-order chi connectivity index (χ1) is 12.5. The van der Waals surface area contributed by atoms with Crippen LogP contribution in [-0.4, -0.2) is 9.56 Å². The van der Waals surface area contributed by atoms with E-state index in [9.17, 15) is 0 Å². The third kappa shape index (κ3) is 3.99. The number of nitrogens with one attached hydrogen (secondary N) is 1. The average Bonchev–Trinajstić information content (AvgIpc) is 3.02. The second kappa shape index (κ2) is 8.05. The smallest absolute Gasteiger partial charge is 0.109 e. The number of para-hydroxylation sites is 1. The number of hydrogen-bond acceptors (Lipinski definition) is 1. The Bertz CT molecular complexity index is 878. The standard InChI is InChI=1S/C23H28N2S/c1-4-5-11-16-25-17-20(19-14-9-10-15-21(19)25)22(26)24-23(2,3)18-12-7-6-8-13-18/h6-10,12-15,17H,4-5,11,16H2,1-3H3,(H,24,26). The first-order valence-corrected chi connectivity index (χ1v) is 9.89.